The lowest BCUT2D eigenvalue weighted by atomic mass is 10.0. The molecule has 1 saturated heterocycles. The summed E-state index contributed by atoms with van der Waals surface area (Å²) in [6.45, 7) is 12.0. The van der Waals surface area contributed by atoms with E-state index in [2.05, 4.69) is 90.2 Å². The Kier molecular flexibility index (Phi) is 7.51. The highest BCUT2D eigenvalue weighted by atomic mass is 16.5. The molecule has 0 spiro atoms. The van der Waals surface area contributed by atoms with Gasteiger partial charge < -0.3 is 9.64 Å². The largest absolute Gasteiger partial charge is 0.367 e. The Labute approximate surface area is 192 Å². The van der Waals surface area contributed by atoms with E-state index in [-0.39, 0.29) is 6.10 Å². The van der Waals surface area contributed by atoms with Crippen molar-refractivity contribution >= 4 is 5.82 Å². The van der Waals surface area contributed by atoms with Crippen LogP contribution in [0.5, 0.6) is 0 Å². The Hall–Kier alpha value is -2.76. The van der Waals surface area contributed by atoms with Crippen molar-refractivity contribution < 1.29 is 4.74 Å². The van der Waals surface area contributed by atoms with Gasteiger partial charge in [-0.25, -0.2) is 9.97 Å². The number of piperazine rings is 1. The third-order valence-electron chi connectivity index (χ3n) is 5.97. The molecular weight excluding hydrogens is 396 g/mol. The van der Waals surface area contributed by atoms with E-state index in [1.54, 1.807) is 0 Å². The minimum Gasteiger partial charge on any atom is -0.367 e. The van der Waals surface area contributed by atoms with Gasteiger partial charge in [0.15, 0.2) is 0 Å². The molecule has 0 atom stereocenters. The Morgan fingerprint density at radius 1 is 0.844 bits per heavy atom. The first-order chi connectivity index (χ1) is 15.6. The molecule has 0 aliphatic carbocycles. The fraction of sp³-hybridized carbons (Fsp3) is 0.407. The SMILES string of the molecule is Cc1cc(N2CCN(CCOC(c3ccccc3)c3ccccc3)CC2)nc(C(C)C)n1. The van der Waals surface area contributed by atoms with Crippen LogP contribution in [0, 0.1) is 6.92 Å². The molecule has 0 bridgehead atoms. The van der Waals surface area contributed by atoms with Gasteiger partial charge in [0, 0.05) is 50.4 Å². The van der Waals surface area contributed by atoms with Gasteiger partial charge >= 0.3 is 0 Å². The summed E-state index contributed by atoms with van der Waals surface area (Å²) in [7, 11) is 0. The number of benzene rings is 2. The molecular formula is C27H34N4O. The molecule has 0 unspecified atom stereocenters. The Balaban J connectivity index is 1.32. The van der Waals surface area contributed by atoms with Crippen LogP contribution in [0.4, 0.5) is 5.82 Å². The summed E-state index contributed by atoms with van der Waals surface area (Å²) in [6, 6.07) is 23.1. The number of hydrogen-bond donors (Lipinski definition) is 0. The molecule has 32 heavy (non-hydrogen) atoms. The minimum atomic E-state index is -0.0304. The van der Waals surface area contributed by atoms with E-state index in [1.807, 2.05) is 12.1 Å². The van der Waals surface area contributed by atoms with Crippen molar-refractivity contribution in [3.8, 4) is 0 Å². The second-order valence-corrected chi connectivity index (χ2v) is 8.78. The van der Waals surface area contributed by atoms with Crippen molar-refractivity contribution in [3.63, 3.8) is 0 Å². The summed E-state index contributed by atoms with van der Waals surface area (Å²) in [4.78, 5) is 14.3. The first-order valence-electron chi connectivity index (χ1n) is 11.6. The van der Waals surface area contributed by atoms with Gasteiger partial charge in [0.1, 0.15) is 17.7 Å². The number of aromatic nitrogens is 2. The summed E-state index contributed by atoms with van der Waals surface area (Å²) < 4.78 is 6.41. The number of aryl methyl sites for hydroxylation is 1. The molecule has 2 aromatic carbocycles. The van der Waals surface area contributed by atoms with Gasteiger partial charge in [-0.3, -0.25) is 4.90 Å². The number of anilines is 1. The average Bonchev–Trinajstić information content (AvgIpc) is 2.83. The van der Waals surface area contributed by atoms with Crippen LogP contribution >= 0.6 is 0 Å². The molecule has 4 rings (SSSR count). The molecule has 3 aromatic rings. The van der Waals surface area contributed by atoms with Gasteiger partial charge in [-0.05, 0) is 18.1 Å². The monoisotopic (exact) mass is 430 g/mol. The Morgan fingerprint density at radius 2 is 1.44 bits per heavy atom. The van der Waals surface area contributed by atoms with E-state index in [9.17, 15) is 0 Å². The lowest BCUT2D eigenvalue weighted by molar-refractivity contribution is 0.0586. The molecule has 1 aliphatic rings. The molecule has 1 aromatic heterocycles. The highest BCUT2D eigenvalue weighted by Crippen LogP contribution is 2.26. The van der Waals surface area contributed by atoms with Crippen LogP contribution in [0.3, 0.4) is 0 Å². The minimum absolute atomic E-state index is 0.0304. The zero-order chi connectivity index (χ0) is 22.3. The van der Waals surface area contributed by atoms with Crippen LogP contribution in [0.2, 0.25) is 0 Å². The summed E-state index contributed by atoms with van der Waals surface area (Å²) in [5.74, 6) is 2.34. The van der Waals surface area contributed by atoms with Gasteiger partial charge in [0.2, 0.25) is 0 Å². The average molecular weight is 431 g/mol. The van der Waals surface area contributed by atoms with E-state index in [1.165, 1.54) is 11.1 Å². The number of hydrogen-bond acceptors (Lipinski definition) is 5. The molecule has 0 N–H and O–H groups in total. The van der Waals surface area contributed by atoms with Gasteiger partial charge in [0.25, 0.3) is 0 Å². The molecule has 5 nitrogen and oxygen atoms in total. The maximum Gasteiger partial charge on any atom is 0.133 e. The molecule has 1 fully saturated rings. The standard InChI is InChI=1S/C27H34N4O/c1-21(2)27-28-22(3)20-25(29-27)31-16-14-30(15-17-31)18-19-32-26(23-10-6-4-7-11-23)24-12-8-5-9-13-24/h4-13,20-21,26H,14-19H2,1-3H3. The van der Waals surface area contributed by atoms with Crippen LogP contribution in [-0.4, -0.2) is 54.2 Å². The van der Waals surface area contributed by atoms with Gasteiger partial charge in [0.05, 0.1) is 6.61 Å². The first kappa shape index (κ1) is 22.4. The second-order valence-electron chi connectivity index (χ2n) is 8.78. The quantitative estimate of drug-likeness (QED) is 0.512. The molecule has 0 radical (unpaired) electrons. The molecule has 168 valence electrons. The Morgan fingerprint density at radius 3 is 2.00 bits per heavy atom. The maximum atomic E-state index is 6.41. The molecule has 2 heterocycles. The van der Waals surface area contributed by atoms with Crippen LogP contribution < -0.4 is 4.90 Å². The molecule has 1 aliphatic heterocycles. The van der Waals surface area contributed by atoms with Crippen molar-refractivity contribution in [2.45, 2.75) is 32.8 Å². The summed E-state index contributed by atoms with van der Waals surface area (Å²) in [5.41, 5.74) is 3.44. The smallest absolute Gasteiger partial charge is 0.133 e. The van der Waals surface area contributed by atoms with Crippen LogP contribution in [0.1, 0.15) is 48.5 Å². The van der Waals surface area contributed by atoms with E-state index in [0.29, 0.717) is 12.5 Å². The number of nitrogens with zero attached hydrogens (tertiary/aromatic N) is 4. The molecule has 0 amide bonds. The van der Waals surface area contributed by atoms with E-state index >= 15 is 0 Å². The topological polar surface area (TPSA) is 41.5 Å². The van der Waals surface area contributed by atoms with Crippen LogP contribution in [0.15, 0.2) is 66.7 Å². The number of ether oxygens (including phenoxy) is 1. The van der Waals surface area contributed by atoms with Crippen molar-refractivity contribution in [1.29, 1.82) is 0 Å². The maximum absolute atomic E-state index is 6.41. The van der Waals surface area contributed by atoms with Crippen molar-refractivity contribution in [2.75, 3.05) is 44.2 Å². The highest BCUT2D eigenvalue weighted by molar-refractivity contribution is 5.40. The molecule has 5 heteroatoms. The van der Waals surface area contributed by atoms with Gasteiger partial charge in [-0.1, -0.05) is 74.5 Å². The lowest BCUT2D eigenvalue weighted by Crippen LogP contribution is -2.47. The second kappa shape index (κ2) is 10.7. The van der Waals surface area contributed by atoms with Gasteiger partial charge in [-0.15, -0.1) is 0 Å². The normalized spacial score (nSPS) is 15.0. The van der Waals surface area contributed by atoms with Crippen LogP contribution in [0.25, 0.3) is 0 Å². The fourth-order valence-electron chi connectivity index (χ4n) is 4.14. The third-order valence-corrected chi connectivity index (χ3v) is 5.97. The van der Waals surface area contributed by atoms with Gasteiger partial charge in [-0.2, -0.15) is 0 Å². The zero-order valence-electron chi connectivity index (χ0n) is 19.4. The highest BCUT2D eigenvalue weighted by Gasteiger charge is 2.20. The number of rotatable bonds is 8. The summed E-state index contributed by atoms with van der Waals surface area (Å²) in [6.07, 6.45) is -0.0304. The van der Waals surface area contributed by atoms with Crippen molar-refractivity contribution in [1.82, 2.24) is 14.9 Å². The third kappa shape index (κ3) is 5.72. The van der Waals surface area contributed by atoms with Crippen molar-refractivity contribution in [2.24, 2.45) is 0 Å². The lowest BCUT2D eigenvalue weighted by Gasteiger charge is -2.35. The predicted octanol–water partition coefficient (Wildman–Crippen LogP) is 4.84. The van der Waals surface area contributed by atoms with Crippen molar-refractivity contribution in [3.05, 3.63) is 89.4 Å². The Bertz CT molecular complexity index is 930. The van der Waals surface area contributed by atoms with Crippen LogP contribution in [-0.2, 0) is 4.74 Å². The fourth-order valence-corrected chi connectivity index (χ4v) is 4.14. The van der Waals surface area contributed by atoms with E-state index in [4.69, 9.17) is 9.72 Å². The van der Waals surface area contributed by atoms with E-state index < -0.39 is 0 Å². The van der Waals surface area contributed by atoms with E-state index in [0.717, 1.165) is 50.1 Å². The predicted molar refractivity (Wildman–Crippen MR) is 130 cm³/mol. The zero-order valence-corrected chi connectivity index (χ0v) is 19.4. The summed E-state index contributed by atoms with van der Waals surface area (Å²) in [5, 5.41) is 0. The summed E-state index contributed by atoms with van der Waals surface area (Å²) >= 11 is 0. The molecule has 0 saturated carbocycles. The first-order valence-corrected chi connectivity index (χ1v) is 11.6.